The summed E-state index contributed by atoms with van der Waals surface area (Å²) in [6.45, 7) is 8.26. The Bertz CT molecular complexity index is 204. The minimum absolute atomic E-state index is 0.108. The van der Waals surface area contributed by atoms with Gasteiger partial charge in [-0.05, 0) is 27.7 Å². The number of carbonyl (C=O) groups excluding carboxylic acids is 1. The fourth-order valence-electron chi connectivity index (χ4n) is 0.953. The topological polar surface area (TPSA) is 47.6 Å². The largest absolute Gasteiger partial charge is 0.444 e. The van der Waals surface area contributed by atoms with E-state index in [1.807, 2.05) is 27.7 Å². The molecule has 0 aliphatic carbocycles. The van der Waals surface area contributed by atoms with Crippen LogP contribution in [0.2, 0.25) is 0 Å². The second-order valence-corrected chi connectivity index (χ2v) is 5.76. The van der Waals surface area contributed by atoms with Crippen molar-refractivity contribution in [2.75, 3.05) is 25.2 Å². The summed E-state index contributed by atoms with van der Waals surface area (Å²) in [6, 6.07) is 0.108. The number of nitrogens with one attached hydrogen (secondary N) is 1. The van der Waals surface area contributed by atoms with Crippen molar-refractivity contribution in [3.05, 3.63) is 0 Å². The molecule has 0 radical (unpaired) electrons. The zero-order chi connectivity index (χ0) is 12.6. The number of hydrogen-bond acceptors (Lipinski definition) is 4. The van der Waals surface area contributed by atoms with E-state index in [0.29, 0.717) is 0 Å². The van der Waals surface area contributed by atoms with E-state index in [1.54, 1.807) is 18.9 Å². The first-order chi connectivity index (χ1) is 7.35. The second kappa shape index (κ2) is 7.79. The standard InChI is InChI=1S/C11H23NO3S/c1-9(8-16-7-6-14-5)12-10(13)15-11(2,3)4/h9H,6-8H2,1-5H3,(H,12,13)/t9-/m1/s1. The summed E-state index contributed by atoms with van der Waals surface area (Å²) < 4.78 is 10.1. The SMILES string of the molecule is COCCSC[C@@H](C)NC(=O)OC(C)(C)C. The van der Waals surface area contributed by atoms with Gasteiger partial charge >= 0.3 is 6.09 Å². The molecular formula is C11H23NO3S. The quantitative estimate of drug-likeness (QED) is 0.734. The molecule has 0 heterocycles. The lowest BCUT2D eigenvalue weighted by molar-refractivity contribution is 0.0513. The Morgan fingerprint density at radius 3 is 2.56 bits per heavy atom. The number of amides is 1. The zero-order valence-electron chi connectivity index (χ0n) is 10.8. The van der Waals surface area contributed by atoms with Gasteiger partial charge in [0.2, 0.25) is 0 Å². The first-order valence-electron chi connectivity index (χ1n) is 5.41. The first-order valence-corrected chi connectivity index (χ1v) is 6.57. The Morgan fingerprint density at radius 2 is 2.06 bits per heavy atom. The van der Waals surface area contributed by atoms with Crippen LogP contribution in [-0.4, -0.2) is 43.0 Å². The smallest absolute Gasteiger partial charge is 0.407 e. The van der Waals surface area contributed by atoms with Gasteiger partial charge in [-0.2, -0.15) is 11.8 Å². The summed E-state index contributed by atoms with van der Waals surface area (Å²) in [5.74, 6) is 1.81. The van der Waals surface area contributed by atoms with E-state index < -0.39 is 5.60 Å². The summed E-state index contributed by atoms with van der Waals surface area (Å²) in [6.07, 6.45) is -0.354. The van der Waals surface area contributed by atoms with Crippen LogP contribution in [0.15, 0.2) is 0 Å². The van der Waals surface area contributed by atoms with Gasteiger partial charge in [0.1, 0.15) is 5.60 Å². The van der Waals surface area contributed by atoms with E-state index in [-0.39, 0.29) is 12.1 Å². The maximum Gasteiger partial charge on any atom is 0.407 e. The van der Waals surface area contributed by atoms with Gasteiger partial charge in [-0.15, -0.1) is 0 Å². The number of thioether (sulfide) groups is 1. The minimum atomic E-state index is -0.438. The highest BCUT2D eigenvalue weighted by Crippen LogP contribution is 2.08. The number of hydrogen-bond donors (Lipinski definition) is 1. The fraction of sp³-hybridized carbons (Fsp3) is 0.909. The Hall–Kier alpha value is -0.420. The van der Waals surface area contributed by atoms with Gasteiger partial charge in [0.25, 0.3) is 0 Å². The molecule has 0 aromatic carbocycles. The Balaban J connectivity index is 3.62. The second-order valence-electron chi connectivity index (χ2n) is 4.61. The molecule has 4 nitrogen and oxygen atoms in total. The Morgan fingerprint density at radius 1 is 1.44 bits per heavy atom. The van der Waals surface area contributed by atoms with E-state index in [0.717, 1.165) is 18.1 Å². The summed E-state index contributed by atoms with van der Waals surface area (Å²) >= 11 is 1.75. The van der Waals surface area contributed by atoms with Crippen LogP contribution in [0.25, 0.3) is 0 Å². The number of methoxy groups -OCH3 is 1. The van der Waals surface area contributed by atoms with Crippen molar-refractivity contribution in [3.63, 3.8) is 0 Å². The van der Waals surface area contributed by atoms with Crippen molar-refractivity contribution in [2.24, 2.45) is 0 Å². The van der Waals surface area contributed by atoms with Crippen molar-refractivity contribution in [1.82, 2.24) is 5.32 Å². The van der Waals surface area contributed by atoms with Crippen LogP contribution in [0.1, 0.15) is 27.7 Å². The van der Waals surface area contributed by atoms with Crippen LogP contribution in [0.5, 0.6) is 0 Å². The fourth-order valence-corrected chi connectivity index (χ4v) is 1.84. The van der Waals surface area contributed by atoms with Crippen LogP contribution in [0.3, 0.4) is 0 Å². The molecule has 0 saturated heterocycles. The maximum atomic E-state index is 11.4. The molecule has 0 fully saturated rings. The number of carbonyl (C=O) groups is 1. The molecule has 1 N–H and O–H groups in total. The highest BCUT2D eigenvalue weighted by atomic mass is 32.2. The van der Waals surface area contributed by atoms with Gasteiger partial charge in [-0.25, -0.2) is 4.79 Å². The van der Waals surface area contributed by atoms with Crippen LogP contribution < -0.4 is 5.32 Å². The van der Waals surface area contributed by atoms with Crippen LogP contribution in [-0.2, 0) is 9.47 Å². The normalized spacial score (nSPS) is 13.3. The highest BCUT2D eigenvalue weighted by Gasteiger charge is 2.17. The van der Waals surface area contributed by atoms with E-state index in [2.05, 4.69) is 5.32 Å². The van der Waals surface area contributed by atoms with Gasteiger partial charge in [-0.1, -0.05) is 0 Å². The van der Waals surface area contributed by atoms with E-state index in [1.165, 1.54) is 0 Å². The van der Waals surface area contributed by atoms with Crippen molar-refractivity contribution in [1.29, 1.82) is 0 Å². The third kappa shape index (κ3) is 10.1. The Labute approximate surface area is 102 Å². The van der Waals surface area contributed by atoms with Gasteiger partial charge in [-0.3, -0.25) is 0 Å². The van der Waals surface area contributed by atoms with Crippen molar-refractivity contribution >= 4 is 17.9 Å². The number of rotatable bonds is 6. The molecular weight excluding hydrogens is 226 g/mol. The van der Waals surface area contributed by atoms with Crippen molar-refractivity contribution in [3.8, 4) is 0 Å². The monoisotopic (exact) mass is 249 g/mol. The zero-order valence-corrected chi connectivity index (χ0v) is 11.6. The highest BCUT2D eigenvalue weighted by molar-refractivity contribution is 7.99. The van der Waals surface area contributed by atoms with Crippen LogP contribution in [0.4, 0.5) is 4.79 Å². The lowest BCUT2D eigenvalue weighted by Crippen LogP contribution is -2.38. The van der Waals surface area contributed by atoms with E-state index in [9.17, 15) is 4.79 Å². The molecule has 0 unspecified atom stereocenters. The average molecular weight is 249 g/mol. The molecule has 0 spiro atoms. The molecule has 0 aliphatic heterocycles. The van der Waals surface area contributed by atoms with Crippen LogP contribution >= 0.6 is 11.8 Å². The van der Waals surface area contributed by atoms with Crippen molar-refractivity contribution in [2.45, 2.75) is 39.3 Å². The minimum Gasteiger partial charge on any atom is -0.444 e. The molecule has 1 amide bonds. The van der Waals surface area contributed by atoms with Gasteiger partial charge < -0.3 is 14.8 Å². The summed E-state index contributed by atoms with van der Waals surface area (Å²) in [5.41, 5.74) is -0.438. The summed E-state index contributed by atoms with van der Waals surface area (Å²) in [5, 5.41) is 2.79. The van der Waals surface area contributed by atoms with Gasteiger partial charge in [0.15, 0.2) is 0 Å². The molecule has 1 atom stereocenters. The summed E-state index contributed by atoms with van der Waals surface area (Å²) in [4.78, 5) is 11.4. The van der Waals surface area contributed by atoms with Crippen LogP contribution in [0, 0.1) is 0 Å². The third-order valence-corrected chi connectivity index (χ3v) is 2.75. The number of alkyl carbamates (subject to hydrolysis) is 1. The van der Waals surface area contributed by atoms with Gasteiger partial charge in [0, 0.05) is 24.7 Å². The molecule has 0 saturated carbocycles. The van der Waals surface area contributed by atoms with Crippen molar-refractivity contribution < 1.29 is 14.3 Å². The molecule has 0 aliphatic rings. The average Bonchev–Trinajstić information content (AvgIpc) is 2.09. The van der Waals surface area contributed by atoms with E-state index >= 15 is 0 Å². The molecule has 96 valence electrons. The number of ether oxygens (including phenoxy) is 2. The van der Waals surface area contributed by atoms with E-state index in [4.69, 9.17) is 9.47 Å². The predicted octanol–water partition coefficient (Wildman–Crippen LogP) is 2.28. The molecule has 0 bridgehead atoms. The third-order valence-electron chi connectivity index (χ3n) is 1.56. The molecule has 0 aromatic heterocycles. The predicted molar refractivity (Wildman–Crippen MR) is 68.0 cm³/mol. The molecule has 16 heavy (non-hydrogen) atoms. The molecule has 0 aromatic rings. The summed E-state index contributed by atoms with van der Waals surface area (Å²) in [7, 11) is 1.68. The Kier molecular flexibility index (Phi) is 7.58. The molecule has 5 heteroatoms. The first kappa shape index (κ1) is 15.6. The maximum absolute atomic E-state index is 11.4. The lowest BCUT2D eigenvalue weighted by atomic mass is 10.2. The van der Waals surface area contributed by atoms with Gasteiger partial charge in [0.05, 0.1) is 6.61 Å². The lowest BCUT2D eigenvalue weighted by Gasteiger charge is -2.21. The molecule has 0 rings (SSSR count).